The molecule has 0 aliphatic carbocycles. The zero-order valence-corrected chi connectivity index (χ0v) is 14.3. The van der Waals surface area contributed by atoms with Crippen LogP contribution in [0.2, 0.25) is 0 Å². The SMILES string of the molecule is C[C@@H](c1ccc(C(F)(F)F)cc1)N1CC[C@@H]([C@H]2CC(Br)=NO2)C1. The molecule has 0 saturated carbocycles. The Bertz CT molecular complexity index is 588. The van der Waals surface area contributed by atoms with E-state index in [1.807, 2.05) is 6.92 Å². The Labute approximate surface area is 141 Å². The van der Waals surface area contributed by atoms with Crippen LogP contribution in [-0.2, 0) is 11.0 Å². The van der Waals surface area contributed by atoms with Crippen LogP contribution >= 0.6 is 15.9 Å². The molecule has 7 heteroatoms. The maximum atomic E-state index is 12.6. The normalized spacial score (nSPS) is 26.9. The zero-order valence-electron chi connectivity index (χ0n) is 12.7. The lowest BCUT2D eigenvalue weighted by Gasteiger charge is -2.25. The number of benzene rings is 1. The van der Waals surface area contributed by atoms with Gasteiger partial charge in [0.15, 0.2) is 0 Å². The second kappa shape index (κ2) is 6.43. The third kappa shape index (κ3) is 3.71. The molecule has 0 radical (unpaired) electrons. The maximum absolute atomic E-state index is 12.6. The first-order valence-electron chi connectivity index (χ1n) is 7.64. The van der Waals surface area contributed by atoms with Crippen LogP contribution in [0.3, 0.4) is 0 Å². The van der Waals surface area contributed by atoms with E-state index < -0.39 is 11.7 Å². The van der Waals surface area contributed by atoms with E-state index in [1.54, 1.807) is 12.1 Å². The molecule has 3 nitrogen and oxygen atoms in total. The Kier molecular flexibility index (Phi) is 4.69. The van der Waals surface area contributed by atoms with Crippen molar-refractivity contribution in [1.29, 1.82) is 0 Å². The molecule has 2 aliphatic heterocycles. The summed E-state index contributed by atoms with van der Waals surface area (Å²) in [7, 11) is 0. The molecule has 2 heterocycles. The van der Waals surface area contributed by atoms with E-state index in [1.165, 1.54) is 0 Å². The minimum Gasteiger partial charge on any atom is -0.391 e. The van der Waals surface area contributed by atoms with E-state index in [9.17, 15) is 13.2 Å². The van der Waals surface area contributed by atoms with Crippen LogP contribution in [0.5, 0.6) is 0 Å². The fourth-order valence-electron chi connectivity index (χ4n) is 3.25. The van der Waals surface area contributed by atoms with Crippen molar-refractivity contribution in [2.45, 2.75) is 38.1 Å². The van der Waals surface area contributed by atoms with Crippen LogP contribution in [-0.4, -0.2) is 28.7 Å². The van der Waals surface area contributed by atoms with E-state index >= 15 is 0 Å². The van der Waals surface area contributed by atoms with Crippen LogP contribution in [0.1, 0.15) is 36.9 Å². The first kappa shape index (κ1) is 16.8. The van der Waals surface area contributed by atoms with Crippen molar-refractivity contribution in [2.75, 3.05) is 13.1 Å². The van der Waals surface area contributed by atoms with E-state index in [-0.39, 0.29) is 12.1 Å². The molecular formula is C16H18BrF3N2O. The standard InChI is InChI=1S/C16H18BrF3N2O/c1-10(11-2-4-13(5-3-11)16(18,19)20)22-7-6-12(9-22)14-8-15(17)21-23-14/h2-5,10,12,14H,6-9H2,1H3/t10-,12+,14+/m0/s1. The lowest BCUT2D eigenvalue weighted by Crippen LogP contribution is -2.28. The van der Waals surface area contributed by atoms with Gasteiger partial charge in [-0.2, -0.15) is 13.2 Å². The van der Waals surface area contributed by atoms with Crippen molar-refractivity contribution in [2.24, 2.45) is 11.1 Å². The van der Waals surface area contributed by atoms with Gasteiger partial charge in [-0.1, -0.05) is 17.3 Å². The molecule has 1 fully saturated rings. The maximum Gasteiger partial charge on any atom is 0.416 e. The van der Waals surface area contributed by atoms with Crippen LogP contribution in [0.15, 0.2) is 29.4 Å². The van der Waals surface area contributed by atoms with E-state index in [4.69, 9.17) is 4.84 Å². The number of hydrogen-bond donors (Lipinski definition) is 0. The fourth-order valence-corrected chi connectivity index (χ4v) is 3.65. The Morgan fingerprint density at radius 1 is 1.30 bits per heavy atom. The summed E-state index contributed by atoms with van der Waals surface area (Å²) in [5.41, 5.74) is 0.303. The van der Waals surface area contributed by atoms with Crippen molar-refractivity contribution < 1.29 is 18.0 Å². The van der Waals surface area contributed by atoms with Crippen molar-refractivity contribution in [1.82, 2.24) is 4.90 Å². The fraction of sp³-hybridized carbons (Fsp3) is 0.562. The van der Waals surface area contributed by atoms with E-state index in [2.05, 4.69) is 26.0 Å². The Balaban J connectivity index is 1.61. The summed E-state index contributed by atoms with van der Waals surface area (Å²) < 4.78 is 38.8. The number of hydrogen-bond acceptors (Lipinski definition) is 3. The minimum atomic E-state index is -4.28. The smallest absolute Gasteiger partial charge is 0.391 e. The van der Waals surface area contributed by atoms with Crippen molar-refractivity contribution in [3.63, 3.8) is 0 Å². The van der Waals surface area contributed by atoms with Crippen LogP contribution in [0, 0.1) is 5.92 Å². The predicted molar refractivity (Wildman–Crippen MR) is 85.4 cm³/mol. The molecule has 23 heavy (non-hydrogen) atoms. The van der Waals surface area contributed by atoms with Crippen LogP contribution in [0.25, 0.3) is 0 Å². The van der Waals surface area contributed by atoms with Crippen LogP contribution < -0.4 is 0 Å². The summed E-state index contributed by atoms with van der Waals surface area (Å²) in [6.45, 7) is 3.83. The highest BCUT2D eigenvalue weighted by Crippen LogP contribution is 2.34. The number of rotatable bonds is 3. The number of halogens is 4. The highest BCUT2D eigenvalue weighted by molar-refractivity contribution is 9.18. The third-order valence-corrected chi connectivity index (χ3v) is 5.18. The van der Waals surface area contributed by atoms with Crippen molar-refractivity contribution in [3.8, 4) is 0 Å². The second-order valence-electron chi connectivity index (χ2n) is 6.15. The molecule has 0 unspecified atom stereocenters. The molecule has 1 aromatic carbocycles. The molecular weight excluding hydrogens is 373 g/mol. The average molecular weight is 391 g/mol. The molecule has 1 saturated heterocycles. The van der Waals surface area contributed by atoms with Gasteiger partial charge in [0.05, 0.1) is 5.56 Å². The zero-order chi connectivity index (χ0) is 16.6. The highest BCUT2D eigenvalue weighted by Gasteiger charge is 2.36. The molecule has 2 aliphatic rings. The average Bonchev–Trinajstić information content (AvgIpc) is 3.14. The number of nitrogens with zero attached hydrogens (tertiary/aromatic N) is 2. The summed E-state index contributed by atoms with van der Waals surface area (Å²) >= 11 is 3.35. The van der Waals surface area contributed by atoms with Gasteiger partial charge in [-0.15, -0.1) is 0 Å². The topological polar surface area (TPSA) is 24.8 Å². The van der Waals surface area contributed by atoms with E-state index in [0.717, 1.165) is 48.2 Å². The van der Waals surface area contributed by atoms with Crippen molar-refractivity contribution in [3.05, 3.63) is 35.4 Å². The molecule has 1 aromatic rings. The van der Waals surface area contributed by atoms with Gasteiger partial charge < -0.3 is 4.84 Å². The minimum absolute atomic E-state index is 0.0908. The van der Waals surface area contributed by atoms with E-state index in [0.29, 0.717) is 5.92 Å². The Morgan fingerprint density at radius 2 is 2.00 bits per heavy atom. The number of likely N-dealkylation sites (tertiary alicyclic amines) is 1. The lowest BCUT2D eigenvalue weighted by atomic mass is 9.99. The Morgan fingerprint density at radius 3 is 2.57 bits per heavy atom. The number of alkyl halides is 3. The predicted octanol–water partition coefficient (Wildman–Crippen LogP) is 4.59. The summed E-state index contributed by atoms with van der Waals surface area (Å²) in [6, 6.07) is 5.56. The molecule has 0 aromatic heterocycles. The van der Waals surface area contributed by atoms with Crippen molar-refractivity contribution >= 4 is 20.6 Å². The van der Waals surface area contributed by atoms with Gasteiger partial charge in [0.1, 0.15) is 10.7 Å². The molecule has 0 N–H and O–H groups in total. The van der Waals surface area contributed by atoms with Gasteiger partial charge in [-0.05, 0) is 53.5 Å². The summed E-state index contributed by atoms with van der Waals surface area (Å²) in [6.07, 6.45) is -2.36. The number of oxime groups is 1. The molecule has 3 atom stereocenters. The largest absolute Gasteiger partial charge is 0.416 e. The van der Waals surface area contributed by atoms with Crippen LogP contribution in [0.4, 0.5) is 13.2 Å². The first-order chi connectivity index (χ1) is 10.8. The summed E-state index contributed by atoms with van der Waals surface area (Å²) in [5.74, 6) is 0.408. The van der Waals surface area contributed by atoms with Gasteiger partial charge in [-0.25, -0.2) is 0 Å². The van der Waals surface area contributed by atoms with Gasteiger partial charge in [-0.3, -0.25) is 4.90 Å². The molecule has 0 amide bonds. The lowest BCUT2D eigenvalue weighted by molar-refractivity contribution is -0.137. The van der Waals surface area contributed by atoms with Gasteiger partial charge >= 0.3 is 6.18 Å². The summed E-state index contributed by atoms with van der Waals surface area (Å²) in [4.78, 5) is 7.72. The molecule has 126 valence electrons. The molecule has 3 rings (SSSR count). The first-order valence-corrected chi connectivity index (χ1v) is 8.43. The van der Waals surface area contributed by atoms with Gasteiger partial charge in [0, 0.05) is 24.9 Å². The highest BCUT2D eigenvalue weighted by atomic mass is 79.9. The van der Waals surface area contributed by atoms with Gasteiger partial charge in [0.2, 0.25) is 0 Å². The molecule has 0 spiro atoms. The third-order valence-electron chi connectivity index (χ3n) is 4.71. The second-order valence-corrected chi connectivity index (χ2v) is 7.07. The molecule has 0 bridgehead atoms. The monoisotopic (exact) mass is 390 g/mol. The Hall–Kier alpha value is -1.08. The van der Waals surface area contributed by atoms with Gasteiger partial charge in [0.25, 0.3) is 0 Å². The summed E-state index contributed by atoms with van der Waals surface area (Å²) in [5, 5.41) is 3.93. The quantitative estimate of drug-likeness (QED) is 0.753.